The van der Waals surface area contributed by atoms with Crippen molar-refractivity contribution >= 4 is 17.2 Å². The van der Waals surface area contributed by atoms with Crippen LogP contribution in [0.5, 0.6) is 0 Å². The minimum atomic E-state index is 0.756. The normalized spacial score (nSPS) is 10.9. The minimum absolute atomic E-state index is 0.756. The van der Waals surface area contributed by atoms with Crippen LogP contribution in [0.25, 0.3) is 22.2 Å². The number of aromatic nitrogens is 1. The summed E-state index contributed by atoms with van der Waals surface area (Å²) in [5, 5.41) is 1.03. The molecule has 100 valence electrons. The molecule has 3 aromatic rings. The summed E-state index contributed by atoms with van der Waals surface area (Å²) >= 11 is 0. The van der Waals surface area contributed by atoms with Crippen molar-refractivity contribution in [3.05, 3.63) is 58.7 Å². The van der Waals surface area contributed by atoms with E-state index >= 15 is 0 Å². The number of aldehydes is 1. The van der Waals surface area contributed by atoms with E-state index in [0.717, 1.165) is 45.1 Å². The smallest absolute Gasteiger partial charge is 0.152 e. The van der Waals surface area contributed by atoms with Gasteiger partial charge in [-0.2, -0.15) is 0 Å². The van der Waals surface area contributed by atoms with Crippen LogP contribution in [0, 0.1) is 20.8 Å². The molecular formula is C18H17NO. The van der Waals surface area contributed by atoms with E-state index in [-0.39, 0.29) is 0 Å². The van der Waals surface area contributed by atoms with Crippen molar-refractivity contribution in [2.45, 2.75) is 20.8 Å². The van der Waals surface area contributed by atoms with Crippen LogP contribution in [0.4, 0.5) is 0 Å². The molecule has 0 aliphatic rings. The maximum atomic E-state index is 11.6. The number of hydrogen-bond donors (Lipinski definition) is 1. The molecule has 0 radical (unpaired) electrons. The Morgan fingerprint density at radius 2 is 1.75 bits per heavy atom. The summed E-state index contributed by atoms with van der Waals surface area (Å²) in [6, 6.07) is 12.3. The third-order valence-corrected chi connectivity index (χ3v) is 3.81. The van der Waals surface area contributed by atoms with Crippen LogP contribution >= 0.6 is 0 Å². The largest absolute Gasteiger partial charge is 0.354 e. The molecule has 1 N–H and O–H groups in total. The molecule has 1 heterocycles. The number of benzene rings is 2. The summed E-state index contributed by atoms with van der Waals surface area (Å²) in [7, 11) is 0. The first-order chi connectivity index (χ1) is 9.61. The van der Waals surface area contributed by atoms with Gasteiger partial charge in [0.05, 0.1) is 5.69 Å². The van der Waals surface area contributed by atoms with Crippen LogP contribution in [0.2, 0.25) is 0 Å². The van der Waals surface area contributed by atoms with E-state index < -0.39 is 0 Å². The first-order valence-electron chi connectivity index (χ1n) is 6.76. The lowest BCUT2D eigenvalue weighted by molar-refractivity contribution is 0.112. The van der Waals surface area contributed by atoms with Crippen molar-refractivity contribution in [3.63, 3.8) is 0 Å². The van der Waals surface area contributed by atoms with Gasteiger partial charge in [0, 0.05) is 22.0 Å². The first kappa shape index (κ1) is 12.7. The van der Waals surface area contributed by atoms with E-state index in [1.54, 1.807) is 0 Å². The van der Waals surface area contributed by atoms with Crippen molar-refractivity contribution in [2.24, 2.45) is 0 Å². The third kappa shape index (κ3) is 1.85. The fourth-order valence-corrected chi connectivity index (χ4v) is 2.93. The van der Waals surface area contributed by atoms with Gasteiger partial charge in [-0.25, -0.2) is 0 Å². The maximum Gasteiger partial charge on any atom is 0.152 e. The van der Waals surface area contributed by atoms with Crippen LogP contribution in [0.3, 0.4) is 0 Å². The highest BCUT2D eigenvalue weighted by Gasteiger charge is 2.15. The highest BCUT2D eigenvalue weighted by Crippen LogP contribution is 2.33. The standard InChI is InChI=1S/C18H17NO/c1-11-8-13(3)17-15(10-20)18(19-16(17)9-11)14-7-5-4-6-12(14)2/h4-10,19H,1-3H3. The number of carbonyl (C=O) groups excluding carboxylic acids is 1. The van der Waals surface area contributed by atoms with Crippen molar-refractivity contribution in [2.75, 3.05) is 0 Å². The molecule has 0 atom stereocenters. The predicted octanol–water partition coefficient (Wildman–Crippen LogP) is 4.57. The van der Waals surface area contributed by atoms with Gasteiger partial charge >= 0.3 is 0 Å². The topological polar surface area (TPSA) is 32.9 Å². The van der Waals surface area contributed by atoms with Crippen LogP contribution in [-0.2, 0) is 0 Å². The van der Waals surface area contributed by atoms with Crippen LogP contribution in [0.15, 0.2) is 36.4 Å². The zero-order chi connectivity index (χ0) is 14.3. The number of H-pyrrole nitrogens is 1. The van der Waals surface area contributed by atoms with E-state index in [4.69, 9.17) is 0 Å². The lowest BCUT2D eigenvalue weighted by atomic mass is 9.99. The summed E-state index contributed by atoms with van der Waals surface area (Å²) in [6.45, 7) is 6.19. The Morgan fingerprint density at radius 3 is 2.45 bits per heavy atom. The fraction of sp³-hybridized carbons (Fsp3) is 0.167. The van der Waals surface area contributed by atoms with Gasteiger partial charge in [0.15, 0.2) is 6.29 Å². The molecule has 0 fully saturated rings. The molecule has 0 amide bonds. The Labute approximate surface area is 118 Å². The quantitative estimate of drug-likeness (QED) is 0.675. The Morgan fingerprint density at radius 1 is 1.00 bits per heavy atom. The number of fused-ring (bicyclic) bond motifs is 1. The van der Waals surface area contributed by atoms with Gasteiger partial charge < -0.3 is 4.98 Å². The molecule has 3 rings (SSSR count). The van der Waals surface area contributed by atoms with Crippen molar-refractivity contribution in [1.82, 2.24) is 4.98 Å². The minimum Gasteiger partial charge on any atom is -0.354 e. The number of nitrogens with one attached hydrogen (secondary N) is 1. The molecule has 0 aliphatic heterocycles. The second-order valence-electron chi connectivity index (χ2n) is 5.35. The second kappa shape index (κ2) is 4.64. The molecule has 2 heteroatoms. The monoisotopic (exact) mass is 263 g/mol. The van der Waals surface area contributed by atoms with Crippen LogP contribution in [0.1, 0.15) is 27.0 Å². The third-order valence-electron chi connectivity index (χ3n) is 3.81. The zero-order valence-corrected chi connectivity index (χ0v) is 11.9. The molecule has 0 bridgehead atoms. The lowest BCUT2D eigenvalue weighted by Crippen LogP contribution is -1.88. The molecule has 0 unspecified atom stereocenters. The molecule has 2 nitrogen and oxygen atoms in total. The Bertz CT molecular complexity index is 812. The maximum absolute atomic E-state index is 11.6. The van der Waals surface area contributed by atoms with E-state index in [1.165, 1.54) is 5.56 Å². The lowest BCUT2D eigenvalue weighted by Gasteiger charge is -2.04. The van der Waals surface area contributed by atoms with Gasteiger partial charge in [0.2, 0.25) is 0 Å². The fourth-order valence-electron chi connectivity index (χ4n) is 2.93. The zero-order valence-electron chi connectivity index (χ0n) is 11.9. The van der Waals surface area contributed by atoms with Crippen LogP contribution < -0.4 is 0 Å². The Balaban J connectivity index is 2.40. The highest BCUT2D eigenvalue weighted by atomic mass is 16.1. The summed E-state index contributed by atoms with van der Waals surface area (Å²) < 4.78 is 0. The molecule has 2 aromatic carbocycles. The van der Waals surface area contributed by atoms with E-state index in [1.807, 2.05) is 12.1 Å². The SMILES string of the molecule is Cc1cc(C)c2c(C=O)c(-c3ccccc3C)[nH]c2c1. The highest BCUT2D eigenvalue weighted by molar-refractivity contribution is 6.06. The Hall–Kier alpha value is -2.35. The van der Waals surface area contributed by atoms with Gasteiger partial charge in [-0.15, -0.1) is 0 Å². The van der Waals surface area contributed by atoms with E-state index in [0.29, 0.717) is 0 Å². The van der Waals surface area contributed by atoms with Gasteiger partial charge in [-0.3, -0.25) is 4.79 Å². The van der Waals surface area contributed by atoms with Gasteiger partial charge in [0.25, 0.3) is 0 Å². The second-order valence-corrected chi connectivity index (χ2v) is 5.35. The van der Waals surface area contributed by atoms with E-state index in [9.17, 15) is 4.79 Å². The Kier molecular flexibility index (Phi) is 2.94. The molecule has 0 spiro atoms. The summed E-state index contributed by atoms with van der Waals surface area (Å²) in [6.07, 6.45) is 0.961. The summed E-state index contributed by atoms with van der Waals surface area (Å²) in [5.74, 6) is 0. The number of aryl methyl sites for hydroxylation is 3. The predicted molar refractivity (Wildman–Crippen MR) is 83.3 cm³/mol. The molecular weight excluding hydrogens is 246 g/mol. The van der Waals surface area contributed by atoms with E-state index in [2.05, 4.69) is 50.0 Å². The van der Waals surface area contributed by atoms with Gasteiger partial charge in [0.1, 0.15) is 0 Å². The molecule has 1 aromatic heterocycles. The molecule has 20 heavy (non-hydrogen) atoms. The van der Waals surface area contributed by atoms with Gasteiger partial charge in [-0.05, 0) is 43.5 Å². The van der Waals surface area contributed by atoms with Crippen molar-refractivity contribution in [3.8, 4) is 11.3 Å². The average Bonchev–Trinajstić information content (AvgIpc) is 2.77. The molecule has 0 aliphatic carbocycles. The number of rotatable bonds is 2. The summed E-state index contributed by atoms with van der Waals surface area (Å²) in [4.78, 5) is 15.0. The summed E-state index contributed by atoms with van der Waals surface area (Å²) in [5.41, 5.74) is 7.29. The number of aromatic amines is 1. The average molecular weight is 263 g/mol. The van der Waals surface area contributed by atoms with Crippen LogP contribution in [-0.4, -0.2) is 11.3 Å². The number of hydrogen-bond acceptors (Lipinski definition) is 1. The number of carbonyl (C=O) groups is 1. The molecule has 0 saturated carbocycles. The molecule has 0 saturated heterocycles. The van der Waals surface area contributed by atoms with Crippen molar-refractivity contribution in [1.29, 1.82) is 0 Å². The van der Waals surface area contributed by atoms with Crippen molar-refractivity contribution < 1.29 is 4.79 Å². The first-order valence-corrected chi connectivity index (χ1v) is 6.76. The van der Waals surface area contributed by atoms with Gasteiger partial charge in [-0.1, -0.05) is 30.3 Å².